The summed E-state index contributed by atoms with van der Waals surface area (Å²) in [6.07, 6.45) is 7.61. The molecule has 1 saturated carbocycles. The highest BCUT2D eigenvalue weighted by Gasteiger charge is 2.33. The van der Waals surface area contributed by atoms with Crippen molar-refractivity contribution in [2.24, 2.45) is 17.1 Å². The number of rotatable bonds is 6. The minimum atomic E-state index is 0.0810. The van der Waals surface area contributed by atoms with Crippen molar-refractivity contribution in [3.63, 3.8) is 0 Å². The first-order chi connectivity index (χ1) is 8.53. The maximum absolute atomic E-state index is 12.2. The van der Waals surface area contributed by atoms with Crippen molar-refractivity contribution >= 4 is 5.91 Å². The molecule has 1 aliphatic carbocycles. The summed E-state index contributed by atoms with van der Waals surface area (Å²) in [6, 6.07) is 0.302. The summed E-state index contributed by atoms with van der Waals surface area (Å²) in [5.74, 6) is 0.696. The SMILES string of the molecule is CCC(NC(=O)CC1(CN)CCCCC1)C(C)C. The third-order valence-corrected chi connectivity index (χ3v) is 4.47. The van der Waals surface area contributed by atoms with Crippen LogP contribution in [0.5, 0.6) is 0 Å². The van der Waals surface area contributed by atoms with E-state index in [1.807, 2.05) is 0 Å². The monoisotopic (exact) mass is 254 g/mol. The Balaban J connectivity index is 2.51. The van der Waals surface area contributed by atoms with E-state index in [1.54, 1.807) is 0 Å². The van der Waals surface area contributed by atoms with Gasteiger partial charge in [-0.3, -0.25) is 4.79 Å². The van der Waals surface area contributed by atoms with Crippen LogP contribution in [0.25, 0.3) is 0 Å². The molecule has 0 spiro atoms. The van der Waals surface area contributed by atoms with Crippen molar-refractivity contribution in [3.05, 3.63) is 0 Å². The molecule has 1 amide bonds. The third kappa shape index (κ3) is 4.27. The molecule has 0 saturated heterocycles. The third-order valence-electron chi connectivity index (χ3n) is 4.47. The summed E-state index contributed by atoms with van der Waals surface area (Å²) in [5.41, 5.74) is 6.01. The van der Waals surface area contributed by atoms with Crippen molar-refractivity contribution in [1.29, 1.82) is 0 Å². The molecule has 0 aromatic heterocycles. The zero-order valence-corrected chi connectivity index (χ0v) is 12.3. The van der Waals surface area contributed by atoms with Gasteiger partial charge in [0.1, 0.15) is 0 Å². The Morgan fingerprint density at radius 1 is 1.28 bits per heavy atom. The number of carbonyl (C=O) groups is 1. The number of carbonyl (C=O) groups excluding carboxylic acids is 1. The van der Waals surface area contributed by atoms with Crippen molar-refractivity contribution in [2.45, 2.75) is 71.8 Å². The van der Waals surface area contributed by atoms with Gasteiger partial charge < -0.3 is 11.1 Å². The summed E-state index contributed by atoms with van der Waals surface area (Å²) >= 11 is 0. The van der Waals surface area contributed by atoms with Crippen LogP contribution in [0.15, 0.2) is 0 Å². The molecule has 0 heterocycles. The Hall–Kier alpha value is -0.570. The molecule has 0 aliphatic heterocycles. The lowest BCUT2D eigenvalue weighted by molar-refractivity contribution is -0.125. The van der Waals surface area contributed by atoms with Gasteiger partial charge in [-0.05, 0) is 37.1 Å². The molecule has 0 aromatic rings. The van der Waals surface area contributed by atoms with E-state index >= 15 is 0 Å². The van der Waals surface area contributed by atoms with E-state index < -0.39 is 0 Å². The predicted octanol–water partition coefficient (Wildman–Crippen LogP) is 2.84. The van der Waals surface area contributed by atoms with Gasteiger partial charge in [0.2, 0.25) is 5.91 Å². The molecule has 3 N–H and O–H groups in total. The number of hydrogen-bond acceptors (Lipinski definition) is 2. The molecule has 1 fully saturated rings. The van der Waals surface area contributed by atoms with E-state index in [-0.39, 0.29) is 11.3 Å². The standard InChI is InChI=1S/C15H30N2O/c1-4-13(12(2)3)17-14(18)10-15(11-16)8-6-5-7-9-15/h12-13H,4-11,16H2,1-3H3,(H,17,18). The Bertz CT molecular complexity index is 257. The van der Waals surface area contributed by atoms with Crippen LogP contribution in [-0.4, -0.2) is 18.5 Å². The van der Waals surface area contributed by atoms with E-state index in [0.717, 1.165) is 19.3 Å². The molecule has 0 bridgehead atoms. The van der Waals surface area contributed by atoms with Crippen LogP contribution >= 0.6 is 0 Å². The van der Waals surface area contributed by atoms with Crippen molar-refractivity contribution in [2.75, 3.05) is 6.54 Å². The Morgan fingerprint density at radius 2 is 1.89 bits per heavy atom. The number of nitrogens with one attached hydrogen (secondary N) is 1. The fourth-order valence-electron chi connectivity index (χ4n) is 3.09. The van der Waals surface area contributed by atoms with Crippen molar-refractivity contribution in [3.8, 4) is 0 Å². The smallest absolute Gasteiger partial charge is 0.220 e. The molecule has 1 aliphatic rings. The first-order valence-electron chi connectivity index (χ1n) is 7.52. The second-order valence-corrected chi connectivity index (χ2v) is 6.27. The quantitative estimate of drug-likeness (QED) is 0.766. The van der Waals surface area contributed by atoms with Gasteiger partial charge >= 0.3 is 0 Å². The molecular formula is C15H30N2O. The zero-order chi connectivity index (χ0) is 13.6. The van der Waals surface area contributed by atoms with E-state index in [9.17, 15) is 4.79 Å². The highest BCUT2D eigenvalue weighted by atomic mass is 16.1. The first-order valence-corrected chi connectivity index (χ1v) is 7.52. The summed E-state index contributed by atoms with van der Waals surface area (Å²) in [7, 11) is 0. The molecule has 1 rings (SSSR count). The summed E-state index contributed by atoms with van der Waals surface area (Å²) in [6.45, 7) is 7.10. The molecule has 3 nitrogen and oxygen atoms in total. The fourth-order valence-corrected chi connectivity index (χ4v) is 3.09. The normalized spacial score (nSPS) is 20.7. The van der Waals surface area contributed by atoms with E-state index in [1.165, 1.54) is 19.3 Å². The number of hydrogen-bond donors (Lipinski definition) is 2. The molecule has 1 atom stereocenters. The molecule has 1 unspecified atom stereocenters. The number of nitrogens with two attached hydrogens (primary N) is 1. The van der Waals surface area contributed by atoms with Crippen LogP contribution in [0.3, 0.4) is 0 Å². The largest absolute Gasteiger partial charge is 0.353 e. The molecule has 106 valence electrons. The second-order valence-electron chi connectivity index (χ2n) is 6.27. The topological polar surface area (TPSA) is 55.1 Å². The first kappa shape index (κ1) is 15.5. The van der Waals surface area contributed by atoms with Crippen LogP contribution in [0.4, 0.5) is 0 Å². The molecular weight excluding hydrogens is 224 g/mol. The average Bonchev–Trinajstić information content (AvgIpc) is 2.36. The summed E-state index contributed by atoms with van der Waals surface area (Å²) in [4.78, 5) is 12.2. The van der Waals surface area contributed by atoms with Gasteiger partial charge in [-0.15, -0.1) is 0 Å². The van der Waals surface area contributed by atoms with E-state index in [2.05, 4.69) is 26.1 Å². The minimum Gasteiger partial charge on any atom is -0.353 e. The van der Waals surface area contributed by atoms with Crippen LogP contribution in [0.1, 0.15) is 65.7 Å². The molecule has 0 radical (unpaired) electrons. The predicted molar refractivity (Wildman–Crippen MR) is 76.2 cm³/mol. The molecule has 18 heavy (non-hydrogen) atoms. The van der Waals surface area contributed by atoms with Gasteiger partial charge in [0.05, 0.1) is 0 Å². The molecule has 0 aromatic carbocycles. The van der Waals surface area contributed by atoms with Gasteiger partial charge in [0.25, 0.3) is 0 Å². The van der Waals surface area contributed by atoms with Gasteiger partial charge in [-0.2, -0.15) is 0 Å². The van der Waals surface area contributed by atoms with Gasteiger partial charge in [0.15, 0.2) is 0 Å². The van der Waals surface area contributed by atoms with Crippen LogP contribution in [0, 0.1) is 11.3 Å². The lowest BCUT2D eigenvalue weighted by Crippen LogP contribution is -2.43. The highest BCUT2D eigenvalue weighted by Crippen LogP contribution is 2.38. The Labute approximate surface area is 112 Å². The Kier molecular flexibility index (Phi) is 6.13. The Morgan fingerprint density at radius 3 is 2.33 bits per heavy atom. The van der Waals surface area contributed by atoms with Crippen molar-refractivity contribution < 1.29 is 4.79 Å². The van der Waals surface area contributed by atoms with Crippen LogP contribution in [-0.2, 0) is 4.79 Å². The number of amides is 1. The molecule has 3 heteroatoms. The summed E-state index contributed by atoms with van der Waals surface area (Å²) in [5, 5.41) is 3.18. The van der Waals surface area contributed by atoms with Gasteiger partial charge in [-0.1, -0.05) is 40.0 Å². The van der Waals surface area contributed by atoms with Gasteiger partial charge in [0, 0.05) is 12.5 Å². The lowest BCUT2D eigenvalue weighted by atomic mass is 9.71. The summed E-state index contributed by atoms with van der Waals surface area (Å²) < 4.78 is 0. The lowest BCUT2D eigenvalue weighted by Gasteiger charge is -2.36. The van der Waals surface area contributed by atoms with E-state index in [4.69, 9.17) is 5.73 Å². The minimum absolute atomic E-state index is 0.0810. The fraction of sp³-hybridized carbons (Fsp3) is 0.933. The highest BCUT2D eigenvalue weighted by molar-refractivity contribution is 5.77. The zero-order valence-electron chi connectivity index (χ0n) is 12.3. The van der Waals surface area contributed by atoms with Gasteiger partial charge in [-0.25, -0.2) is 0 Å². The van der Waals surface area contributed by atoms with E-state index in [0.29, 0.717) is 24.9 Å². The van der Waals surface area contributed by atoms with Crippen molar-refractivity contribution in [1.82, 2.24) is 5.32 Å². The van der Waals surface area contributed by atoms with Crippen LogP contribution < -0.4 is 11.1 Å². The maximum Gasteiger partial charge on any atom is 0.220 e. The maximum atomic E-state index is 12.2. The second kappa shape index (κ2) is 7.13. The van der Waals surface area contributed by atoms with Crippen LogP contribution in [0.2, 0.25) is 0 Å². The average molecular weight is 254 g/mol.